The molecule has 3 rings (SSSR count). The molecule has 0 spiro atoms. The number of thioether (sulfide) groups is 1. The monoisotopic (exact) mass is 497 g/mol. The molecule has 1 atom stereocenters. The number of nitrogens with one attached hydrogen (secondary N) is 2. The maximum Gasteiger partial charge on any atom is 0.490 e. The minimum Gasteiger partial charge on any atom is -0.475 e. The summed E-state index contributed by atoms with van der Waals surface area (Å²) < 4.78 is 37.3. The smallest absolute Gasteiger partial charge is 0.475 e. The van der Waals surface area contributed by atoms with E-state index in [0.29, 0.717) is 27.4 Å². The fourth-order valence-corrected chi connectivity index (χ4v) is 3.42. The van der Waals surface area contributed by atoms with E-state index < -0.39 is 12.1 Å². The first-order valence-electron chi connectivity index (χ1n) is 8.57. The fourth-order valence-electron chi connectivity index (χ4n) is 2.16. The van der Waals surface area contributed by atoms with Crippen molar-refractivity contribution in [3.05, 3.63) is 46.6 Å². The molecule has 3 N–H and O–H groups in total. The molecule has 1 aromatic carbocycles. The molecule has 7 nitrogen and oxygen atoms in total. The van der Waals surface area contributed by atoms with Gasteiger partial charge in [0.15, 0.2) is 0 Å². The van der Waals surface area contributed by atoms with E-state index in [1.54, 1.807) is 42.1 Å². The zero-order valence-corrected chi connectivity index (χ0v) is 17.9. The second-order valence-corrected chi connectivity index (χ2v) is 7.93. The van der Waals surface area contributed by atoms with Gasteiger partial charge in [-0.15, -0.1) is 0 Å². The number of nitrogens with zero attached hydrogens (tertiary/aromatic N) is 1. The van der Waals surface area contributed by atoms with Crippen molar-refractivity contribution in [1.29, 1.82) is 0 Å². The van der Waals surface area contributed by atoms with Crippen LogP contribution in [0.15, 0.2) is 36.5 Å². The third kappa shape index (κ3) is 8.44. The van der Waals surface area contributed by atoms with Crippen LogP contribution in [0.25, 0.3) is 0 Å². The number of aromatic nitrogens is 1. The Balaban J connectivity index is 0.000000423. The highest BCUT2D eigenvalue weighted by atomic mass is 35.5. The van der Waals surface area contributed by atoms with Crippen LogP contribution in [0.1, 0.15) is 0 Å². The summed E-state index contributed by atoms with van der Waals surface area (Å²) >= 11 is 13.8. The van der Waals surface area contributed by atoms with Gasteiger partial charge in [-0.25, -0.2) is 9.78 Å². The molecule has 2 aromatic rings. The molecule has 13 heteroatoms. The normalized spacial score (nSPS) is 16.0. The number of ether oxygens (including phenoxy) is 1. The third-order valence-electron chi connectivity index (χ3n) is 3.59. The quantitative estimate of drug-likeness (QED) is 0.573. The molecule has 31 heavy (non-hydrogen) atoms. The van der Waals surface area contributed by atoms with Crippen molar-refractivity contribution in [3.8, 4) is 11.6 Å². The van der Waals surface area contributed by atoms with Crippen molar-refractivity contribution in [1.82, 2.24) is 10.3 Å². The lowest BCUT2D eigenvalue weighted by Gasteiger charge is -2.22. The van der Waals surface area contributed by atoms with E-state index in [2.05, 4.69) is 15.6 Å². The van der Waals surface area contributed by atoms with E-state index in [4.69, 9.17) is 37.8 Å². The Hall–Kier alpha value is -2.21. The molecule has 1 unspecified atom stereocenters. The van der Waals surface area contributed by atoms with E-state index in [-0.39, 0.29) is 11.9 Å². The Morgan fingerprint density at radius 2 is 1.97 bits per heavy atom. The van der Waals surface area contributed by atoms with Gasteiger partial charge in [0, 0.05) is 36.0 Å². The highest BCUT2D eigenvalue weighted by Gasteiger charge is 2.38. The van der Waals surface area contributed by atoms with Crippen LogP contribution in [0.2, 0.25) is 10.0 Å². The summed E-state index contributed by atoms with van der Waals surface area (Å²) in [6.45, 7) is 0.838. The Bertz CT molecular complexity index is 911. The molecule has 1 fully saturated rings. The summed E-state index contributed by atoms with van der Waals surface area (Å²) in [5.74, 6) is -0.181. The van der Waals surface area contributed by atoms with Crippen LogP contribution in [-0.4, -0.2) is 52.2 Å². The Morgan fingerprint density at radius 3 is 2.48 bits per heavy atom. The number of aliphatic carboxylic acids is 1. The zero-order valence-electron chi connectivity index (χ0n) is 15.6. The van der Waals surface area contributed by atoms with Crippen LogP contribution in [0.4, 0.5) is 18.9 Å². The molecule has 168 valence electrons. The maximum absolute atomic E-state index is 12.2. The molecule has 1 saturated heterocycles. The predicted octanol–water partition coefficient (Wildman–Crippen LogP) is 4.46. The van der Waals surface area contributed by atoms with Crippen LogP contribution in [0.3, 0.4) is 0 Å². The Kier molecular flexibility index (Phi) is 9.23. The predicted molar refractivity (Wildman–Crippen MR) is 112 cm³/mol. The summed E-state index contributed by atoms with van der Waals surface area (Å²) in [5.41, 5.74) is 0.624. The van der Waals surface area contributed by atoms with E-state index >= 15 is 0 Å². The average Bonchev–Trinajstić information content (AvgIpc) is 2.72. The number of halogens is 5. The minimum absolute atomic E-state index is 0.0636. The van der Waals surface area contributed by atoms with Gasteiger partial charge in [-0.2, -0.15) is 24.9 Å². The van der Waals surface area contributed by atoms with E-state index in [0.717, 1.165) is 18.1 Å². The van der Waals surface area contributed by atoms with E-state index in [9.17, 15) is 18.0 Å². The second kappa shape index (κ2) is 11.4. The van der Waals surface area contributed by atoms with Crippen molar-refractivity contribution in [2.45, 2.75) is 12.2 Å². The first kappa shape index (κ1) is 25.1. The van der Waals surface area contributed by atoms with Gasteiger partial charge in [-0.3, -0.25) is 4.79 Å². The number of carbonyl (C=O) groups excluding carboxylic acids is 1. The van der Waals surface area contributed by atoms with Crippen molar-refractivity contribution in [2.75, 3.05) is 23.4 Å². The zero-order chi connectivity index (χ0) is 23.0. The molecular formula is C18H16Cl2F3N3O4S. The van der Waals surface area contributed by atoms with Crippen molar-refractivity contribution in [3.63, 3.8) is 0 Å². The van der Waals surface area contributed by atoms with E-state index in [1.807, 2.05) is 0 Å². The summed E-state index contributed by atoms with van der Waals surface area (Å²) in [6.07, 6.45) is -3.59. The summed E-state index contributed by atoms with van der Waals surface area (Å²) in [4.78, 5) is 25.2. The first-order chi connectivity index (χ1) is 14.6. The van der Waals surface area contributed by atoms with Gasteiger partial charge in [-0.05, 0) is 24.3 Å². The fraction of sp³-hybridized carbons (Fsp3) is 0.278. The topological polar surface area (TPSA) is 101 Å². The second-order valence-electron chi connectivity index (χ2n) is 5.94. The number of anilines is 1. The lowest BCUT2D eigenvalue weighted by Crippen LogP contribution is -2.46. The van der Waals surface area contributed by atoms with Gasteiger partial charge in [0.25, 0.3) is 0 Å². The Morgan fingerprint density at radius 1 is 1.26 bits per heavy atom. The van der Waals surface area contributed by atoms with Gasteiger partial charge < -0.3 is 20.5 Å². The van der Waals surface area contributed by atoms with Gasteiger partial charge in [0.2, 0.25) is 11.8 Å². The van der Waals surface area contributed by atoms with Crippen LogP contribution < -0.4 is 15.4 Å². The first-order valence-corrected chi connectivity index (χ1v) is 10.5. The molecule has 0 radical (unpaired) electrons. The van der Waals surface area contributed by atoms with Gasteiger partial charge in [-0.1, -0.05) is 23.2 Å². The summed E-state index contributed by atoms with van der Waals surface area (Å²) in [7, 11) is 0. The molecule has 1 aromatic heterocycles. The van der Waals surface area contributed by atoms with Gasteiger partial charge in [0.1, 0.15) is 5.75 Å². The lowest BCUT2D eigenvalue weighted by molar-refractivity contribution is -0.192. The third-order valence-corrected chi connectivity index (χ3v) is 5.18. The van der Waals surface area contributed by atoms with E-state index in [1.165, 1.54) is 6.20 Å². The van der Waals surface area contributed by atoms with Gasteiger partial charge in [0.05, 0.1) is 16.1 Å². The SMILES string of the molecule is O=C(Nc1ccc(Oc2ccc(Cl)cn2)c(Cl)c1)C1CSCCN1.O=C(O)C(F)(F)F. The molecule has 1 aliphatic rings. The number of carbonyl (C=O) groups is 2. The van der Waals surface area contributed by atoms with Gasteiger partial charge >= 0.3 is 12.1 Å². The Labute approximate surface area is 189 Å². The van der Waals surface area contributed by atoms with Crippen LogP contribution >= 0.6 is 35.0 Å². The highest BCUT2D eigenvalue weighted by molar-refractivity contribution is 7.99. The molecular weight excluding hydrogens is 482 g/mol. The standard InChI is InChI=1S/C16H15Cl2N3O2S.C2HF3O2/c17-10-1-4-15(20-8-10)23-14-3-2-11(7-12(14)18)21-16(22)13-9-24-6-5-19-13;3-2(4,5)1(6)7/h1-4,7-8,13,19H,5-6,9H2,(H,21,22);(H,6,7). The van der Waals surface area contributed by atoms with Crippen LogP contribution in [0, 0.1) is 0 Å². The van der Waals surface area contributed by atoms with Crippen molar-refractivity contribution in [2.24, 2.45) is 0 Å². The summed E-state index contributed by atoms with van der Waals surface area (Å²) in [6, 6.07) is 8.24. The number of carboxylic acids is 1. The molecule has 0 bridgehead atoms. The number of amides is 1. The van der Waals surface area contributed by atoms with Crippen LogP contribution in [0.5, 0.6) is 11.6 Å². The molecule has 1 aliphatic heterocycles. The maximum atomic E-state index is 12.2. The van der Waals surface area contributed by atoms with Crippen molar-refractivity contribution < 1.29 is 32.6 Å². The molecule has 0 saturated carbocycles. The highest BCUT2D eigenvalue weighted by Crippen LogP contribution is 2.31. The summed E-state index contributed by atoms with van der Waals surface area (Å²) in [5, 5.41) is 14.1. The minimum atomic E-state index is -5.08. The lowest BCUT2D eigenvalue weighted by atomic mass is 10.2. The largest absolute Gasteiger partial charge is 0.490 e. The number of rotatable bonds is 4. The number of carboxylic acid groups (broad SMARTS) is 1. The number of pyridine rings is 1. The van der Waals surface area contributed by atoms with Crippen molar-refractivity contribution >= 4 is 52.5 Å². The molecule has 2 heterocycles. The molecule has 0 aliphatic carbocycles. The van der Waals surface area contributed by atoms with Crippen LogP contribution in [-0.2, 0) is 9.59 Å². The molecule has 1 amide bonds. The number of hydrogen-bond acceptors (Lipinski definition) is 6. The average molecular weight is 498 g/mol. The number of alkyl halides is 3. The number of hydrogen-bond donors (Lipinski definition) is 3. The number of benzene rings is 1.